The van der Waals surface area contributed by atoms with Crippen molar-refractivity contribution in [1.82, 2.24) is 15.2 Å². The first kappa shape index (κ1) is 19.4. The molecule has 0 aromatic carbocycles. The van der Waals surface area contributed by atoms with Crippen LogP contribution in [0.1, 0.15) is 69.2 Å². The van der Waals surface area contributed by atoms with Crippen LogP contribution < -0.4 is 10.2 Å². The third-order valence-corrected chi connectivity index (χ3v) is 6.39. The van der Waals surface area contributed by atoms with E-state index in [1.807, 2.05) is 12.4 Å². The molecule has 28 heavy (non-hydrogen) atoms. The van der Waals surface area contributed by atoms with Crippen LogP contribution in [0.25, 0.3) is 0 Å². The molecule has 0 bridgehead atoms. The summed E-state index contributed by atoms with van der Waals surface area (Å²) in [5.41, 5.74) is 3.61. The van der Waals surface area contributed by atoms with Crippen molar-refractivity contribution in [1.29, 1.82) is 0 Å². The molecule has 3 heterocycles. The van der Waals surface area contributed by atoms with Crippen LogP contribution in [0.5, 0.6) is 0 Å². The lowest BCUT2D eigenvalue weighted by atomic mass is 9.93. The normalized spacial score (nSPS) is 24.5. The second-order valence-electron chi connectivity index (χ2n) is 8.88. The number of nitrogens with one attached hydrogen (secondary N) is 1. The molecule has 1 aliphatic carbocycles. The molecule has 1 aromatic rings. The van der Waals surface area contributed by atoms with Crippen molar-refractivity contribution < 1.29 is 0 Å². The van der Waals surface area contributed by atoms with Gasteiger partial charge in [-0.2, -0.15) is 0 Å². The molecule has 1 unspecified atom stereocenters. The van der Waals surface area contributed by atoms with E-state index in [0.717, 1.165) is 24.9 Å². The fourth-order valence-corrected chi connectivity index (χ4v) is 4.92. The molecule has 0 amide bonds. The van der Waals surface area contributed by atoms with E-state index in [1.165, 1.54) is 61.6 Å². The molecular formula is C23H35N5. The molecule has 5 nitrogen and oxygen atoms in total. The first-order valence-corrected chi connectivity index (χ1v) is 11.0. The molecule has 1 N–H and O–H groups in total. The molecule has 1 aromatic heterocycles. The third-order valence-electron chi connectivity index (χ3n) is 6.39. The Kier molecular flexibility index (Phi) is 6.00. The average Bonchev–Trinajstić information content (AvgIpc) is 2.70. The van der Waals surface area contributed by atoms with E-state index in [4.69, 9.17) is 9.98 Å². The van der Waals surface area contributed by atoms with Gasteiger partial charge >= 0.3 is 0 Å². The summed E-state index contributed by atoms with van der Waals surface area (Å²) in [6, 6.07) is 3.68. The maximum absolute atomic E-state index is 4.86. The summed E-state index contributed by atoms with van der Waals surface area (Å²) in [6.45, 7) is 6.36. The number of pyridine rings is 1. The van der Waals surface area contributed by atoms with Gasteiger partial charge in [-0.15, -0.1) is 0 Å². The van der Waals surface area contributed by atoms with Crippen molar-refractivity contribution >= 4 is 12.0 Å². The second kappa shape index (κ2) is 8.64. The van der Waals surface area contributed by atoms with Gasteiger partial charge in [-0.25, -0.2) is 4.98 Å². The van der Waals surface area contributed by atoms with Crippen LogP contribution in [0.15, 0.2) is 29.0 Å². The van der Waals surface area contributed by atoms with Crippen molar-refractivity contribution in [3.05, 3.63) is 35.2 Å². The lowest BCUT2D eigenvalue weighted by Crippen LogP contribution is -2.47. The lowest BCUT2D eigenvalue weighted by Gasteiger charge is -2.38. The summed E-state index contributed by atoms with van der Waals surface area (Å²) in [4.78, 5) is 14.3. The second-order valence-corrected chi connectivity index (χ2v) is 8.88. The average molecular weight is 382 g/mol. The number of piperidine rings is 1. The van der Waals surface area contributed by atoms with E-state index in [0.29, 0.717) is 6.04 Å². The molecule has 2 aliphatic heterocycles. The number of anilines is 1. The molecule has 2 fully saturated rings. The monoisotopic (exact) mass is 381 g/mol. The van der Waals surface area contributed by atoms with Crippen LogP contribution in [-0.4, -0.2) is 48.3 Å². The van der Waals surface area contributed by atoms with Gasteiger partial charge in [0.05, 0.1) is 0 Å². The smallest absolute Gasteiger partial charge is 0.150 e. The predicted octanol–water partition coefficient (Wildman–Crippen LogP) is 4.20. The van der Waals surface area contributed by atoms with Crippen molar-refractivity contribution in [3.8, 4) is 0 Å². The highest BCUT2D eigenvalue weighted by Crippen LogP contribution is 2.33. The van der Waals surface area contributed by atoms with Crippen LogP contribution in [0.3, 0.4) is 0 Å². The largest absolute Gasteiger partial charge is 0.356 e. The van der Waals surface area contributed by atoms with Gasteiger partial charge in [0, 0.05) is 56.4 Å². The standard InChI is InChI=1S/C23H35N5/c1-17-13-21(22-24-15-18(2)16-27(22)3)23(25-14-17)28-11-9-20(10-12-28)26-19-7-5-4-6-8-19/h13-16,19-20,22,26H,4-12H2,1-3H3. The zero-order valence-electron chi connectivity index (χ0n) is 17.7. The number of aliphatic imine (C=N–C) groups is 1. The first-order chi connectivity index (χ1) is 13.6. The molecule has 152 valence electrons. The summed E-state index contributed by atoms with van der Waals surface area (Å²) in [5.74, 6) is 1.11. The van der Waals surface area contributed by atoms with Crippen LogP contribution in [0.2, 0.25) is 0 Å². The highest BCUT2D eigenvalue weighted by Gasteiger charge is 2.27. The molecule has 4 rings (SSSR count). The fourth-order valence-electron chi connectivity index (χ4n) is 4.92. The van der Waals surface area contributed by atoms with Gasteiger partial charge in [-0.05, 0) is 56.7 Å². The quantitative estimate of drug-likeness (QED) is 0.849. The topological polar surface area (TPSA) is 43.8 Å². The Bertz CT molecular complexity index is 727. The number of nitrogens with zero attached hydrogens (tertiary/aromatic N) is 4. The summed E-state index contributed by atoms with van der Waals surface area (Å²) in [6.07, 6.45) is 15.5. The maximum atomic E-state index is 4.86. The van der Waals surface area contributed by atoms with Gasteiger partial charge in [0.1, 0.15) is 12.0 Å². The molecule has 0 spiro atoms. The number of hydrogen-bond acceptors (Lipinski definition) is 5. The highest BCUT2D eigenvalue weighted by atomic mass is 15.2. The van der Waals surface area contributed by atoms with Gasteiger partial charge in [0.15, 0.2) is 0 Å². The number of hydrogen-bond donors (Lipinski definition) is 1. The SMILES string of the molecule is CC1=CN(C)C(c2cc(C)cnc2N2CCC(NC3CCCCC3)CC2)N=C1. The van der Waals surface area contributed by atoms with Crippen LogP contribution in [-0.2, 0) is 0 Å². The summed E-state index contributed by atoms with van der Waals surface area (Å²) < 4.78 is 0. The lowest BCUT2D eigenvalue weighted by molar-refractivity contribution is 0.306. The predicted molar refractivity (Wildman–Crippen MR) is 117 cm³/mol. The van der Waals surface area contributed by atoms with Crippen molar-refractivity contribution in [2.75, 3.05) is 25.0 Å². The van der Waals surface area contributed by atoms with Crippen LogP contribution in [0, 0.1) is 6.92 Å². The van der Waals surface area contributed by atoms with Crippen LogP contribution in [0.4, 0.5) is 5.82 Å². The van der Waals surface area contributed by atoms with E-state index >= 15 is 0 Å². The number of aryl methyl sites for hydroxylation is 1. The zero-order valence-corrected chi connectivity index (χ0v) is 17.7. The minimum absolute atomic E-state index is 0.0178. The minimum Gasteiger partial charge on any atom is -0.356 e. The van der Waals surface area contributed by atoms with Gasteiger partial charge in [0.25, 0.3) is 0 Å². The molecular weight excluding hydrogens is 346 g/mol. The Morgan fingerprint density at radius 1 is 1.00 bits per heavy atom. The van der Waals surface area contributed by atoms with Gasteiger partial charge in [-0.1, -0.05) is 19.3 Å². The van der Waals surface area contributed by atoms with E-state index in [9.17, 15) is 0 Å². The third kappa shape index (κ3) is 4.40. The number of aromatic nitrogens is 1. The van der Waals surface area contributed by atoms with E-state index in [1.54, 1.807) is 0 Å². The molecule has 1 saturated heterocycles. The zero-order chi connectivity index (χ0) is 19.5. The summed E-state index contributed by atoms with van der Waals surface area (Å²) in [5, 5.41) is 3.94. The van der Waals surface area contributed by atoms with Gasteiger partial charge in [-0.3, -0.25) is 4.99 Å². The summed E-state index contributed by atoms with van der Waals surface area (Å²) >= 11 is 0. The summed E-state index contributed by atoms with van der Waals surface area (Å²) in [7, 11) is 2.11. The highest BCUT2D eigenvalue weighted by molar-refractivity contribution is 5.78. The molecule has 1 atom stereocenters. The Morgan fingerprint density at radius 2 is 1.71 bits per heavy atom. The Hall–Kier alpha value is -1.88. The van der Waals surface area contributed by atoms with E-state index in [2.05, 4.69) is 48.3 Å². The molecule has 0 radical (unpaired) electrons. The van der Waals surface area contributed by atoms with Crippen molar-refractivity contribution in [2.24, 2.45) is 4.99 Å². The fraction of sp³-hybridized carbons (Fsp3) is 0.652. The maximum Gasteiger partial charge on any atom is 0.150 e. The molecule has 1 saturated carbocycles. The minimum atomic E-state index is 0.0178. The van der Waals surface area contributed by atoms with Gasteiger partial charge < -0.3 is 15.1 Å². The molecule has 5 heteroatoms. The Balaban J connectivity index is 1.44. The van der Waals surface area contributed by atoms with Crippen molar-refractivity contribution in [3.63, 3.8) is 0 Å². The molecule has 3 aliphatic rings. The van der Waals surface area contributed by atoms with E-state index in [-0.39, 0.29) is 6.17 Å². The first-order valence-electron chi connectivity index (χ1n) is 11.0. The number of allylic oxidation sites excluding steroid dienone is 1. The Morgan fingerprint density at radius 3 is 2.43 bits per heavy atom. The van der Waals surface area contributed by atoms with Gasteiger partial charge in [0.2, 0.25) is 0 Å². The van der Waals surface area contributed by atoms with E-state index < -0.39 is 0 Å². The Labute approximate surface area is 169 Å². The number of rotatable bonds is 4. The van der Waals surface area contributed by atoms with Crippen LogP contribution >= 0.6 is 0 Å². The van der Waals surface area contributed by atoms with Crippen molar-refractivity contribution in [2.45, 2.75) is 77.0 Å².